The summed E-state index contributed by atoms with van der Waals surface area (Å²) in [6, 6.07) is 3.68. The van der Waals surface area contributed by atoms with Gasteiger partial charge in [0.1, 0.15) is 11.4 Å². The minimum Gasteiger partial charge on any atom is -0.491 e. The Morgan fingerprint density at radius 3 is 2.77 bits per heavy atom. The summed E-state index contributed by atoms with van der Waals surface area (Å²) in [5, 5.41) is 13.2. The van der Waals surface area contributed by atoms with Gasteiger partial charge in [0.15, 0.2) is 0 Å². The van der Waals surface area contributed by atoms with Gasteiger partial charge < -0.3 is 5.11 Å². The van der Waals surface area contributed by atoms with E-state index in [1.807, 2.05) is 31.5 Å². The summed E-state index contributed by atoms with van der Waals surface area (Å²) in [6.07, 6.45) is 0. The largest absolute Gasteiger partial charge is 0.491 e. The molecule has 0 radical (unpaired) electrons. The van der Waals surface area contributed by atoms with E-state index in [2.05, 4.69) is 5.10 Å². The number of hydrogen-bond acceptors (Lipinski definition) is 2. The summed E-state index contributed by atoms with van der Waals surface area (Å²) in [7, 11) is 1.95. The first-order valence-electron chi connectivity index (χ1n) is 4.14. The van der Waals surface area contributed by atoms with Crippen LogP contribution in [0, 0.1) is 13.8 Å². The van der Waals surface area contributed by atoms with Crippen LogP contribution in [0.1, 0.15) is 11.4 Å². The molecule has 0 aliphatic rings. The lowest BCUT2D eigenvalue weighted by atomic mass is 10.3. The first-order valence-corrected chi connectivity index (χ1v) is 4.14. The molecule has 0 fully saturated rings. The third-order valence-corrected chi connectivity index (χ3v) is 2.30. The van der Waals surface area contributed by atoms with Crippen molar-refractivity contribution in [1.82, 2.24) is 9.61 Å². The Labute approximate surface area is 76.1 Å². The first kappa shape index (κ1) is 8.04. The van der Waals surface area contributed by atoms with Gasteiger partial charge in [-0.05, 0) is 12.0 Å². The Hall–Kier alpha value is -1.58. The van der Waals surface area contributed by atoms with E-state index in [-0.39, 0.29) is 5.88 Å². The van der Waals surface area contributed by atoms with Crippen LogP contribution in [0.15, 0.2) is 12.1 Å². The molecule has 0 unspecified atom stereocenters. The highest BCUT2D eigenvalue weighted by Gasteiger charge is 2.14. The first-order chi connectivity index (χ1) is 6.09. The molecule has 0 atom stereocenters. The molecule has 0 saturated carbocycles. The second kappa shape index (κ2) is 2.45. The van der Waals surface area contributed by atoms with E-state index in [0.717, 1.165) is 17.0 Å². The molecule has 4 nitrogen and oxygen atoms in total. The molecule has 0 aliphatic carbocycles. The van der Waals surface area contributed by atoms with Crippen molar-refractivity contribution in [2.45, 2.75) is 13.8 Å². The molecule has 2 aromatic rings. The van der Waals surface area contributed by atoms with Crippen LogP contribution in [0.25, 0.3) is 5.65 Å². The molecule has 2 aromatic heterocycles. The number of hydrogen-bond donors (Lipinski definition) is 1. The Morgan fingerprint density at radius 1 is 1.38 bits per heavy atom. The van der Waals surface area contributed by atoms with Gasteiger partial charge in [-0.1, -0.05) is 4.52 Å². The number of aromatic nitrogens is 3. The smallest absolute Gasteiger partial charge is 0.312 e. The molecular formula is C9H12N3O+. The molecular weight excluding hydrogens is 166 g/mol. The maximum atomic E-state index is 9.25. The van der Waals surface area contributed by atoms with E-state index < -0.39 is 0 Å². The molecule has 0 spiro atoms. The second-order valence-corrected chi connectivity index (χ2v) is 3.26. The molecule has 68 valence electrons. The van der Waals surface area contributed by atoms with Crippen LogP contribution in [-0.2, 0) is 7.05 Å². The van der Waals surface area contributed by atoms with E-state index in [9.17, 15) is 5.11 Å². The van der Waals surface area contributed by atoms with E-state index in [1.165, 1.54) is 0 Å². The predicted molar refractivity (Wildman–Crippen MR) is 47.5 cm³/mol. The minimum atomic E-state index is 0.0595. The van der Waals surface area contributed by atoms with Gasteiger partial charge >= 0.3 is 5.65 Å². The van der Waals surface area contributed by atoms with Crippen LogP contribution in [0.2, 0.25) is 0 Å². The molecule has 0 bridgehead atoms. The SMILES string of the molecule is Cc1cc(C)[n+](C)c2cc(O)nn12. The fourth-order valence-electron chi connectivity index (χ4n) is 1.50. The maximum Gasteiger partial charge on any atom is 0.312 e. The molecule has 0 aromatic carbocycles. The zero-order chi connectivity index (χ0) is 9.59. The van der Waals surface area contributed by atoms with E-state index >= 15 is 0 Å². The lowest BCUT2D eigenvalue weighted by Gasteiger charge is -1.98. The summed E-state index contributed by atoms with van der Waals surface area (Å²) >= 11 is 0. The highest BCUT2D eigenvalue weighted by molar-refractivity contribution is 5.37. The number of fused-ring (bicyclic) bond motifs is 1. The standard InChI is InChI=1S/C9H11N3O/c1-6-4-7(2)12-9(11(6)3)5-8(13)10-12/h4-5H,1-3H3/p+1. The minimum absolute atomic E-state index is 0.0595. The van der Waals surface area contributed by atoms with Gasteiger partial charge in [0, 0.05) is 13.0 Å². The normalized spacial score (nSPS) is 11.0. The van der Waals surface area contributed by atoms with Gasteiger partial charge in [-0.3, -0.25) is 0 Å². The summed E-state index contributed by atoms with van der Waals surface area (Å²) in [6.45, 7) is 3.99. The predicted octanol–water partition coefficient (Wildman–Crippen LogP) is 0.481. The molecule has 2 heterocycles. The van der Waals surface area contributed by atoms with Gasteiger partial charge in [-0.25, -0.2) is 4.57 Å². The average Bonchev–Trinajstić information content (AvgIpc) is 2.44. The van der Waals surface area contributed by atoms with Gasteiger partial charge in [0.05, 0.1) is 13.1 Å². The summed E-state index contributed by atoms with van der Waals surface area (Å²) < 4.78 is 3.71. The van der Waals surface area contributed by atoms with Crippen LogP contribution >= 0.6 is 0 Å². The van der Waals surface area contributed by atoms with Crippen molar-refractivity contribution in [3.63, 3.8) is 0 Å². The number of nitrogens with zero attached hydrogens (tertiary/aromatic N) is 3. The van der Waals surface area contributed by atoms with E-state index in [1.54, 1.807) is 10.6 Å². The number of aryl methyl sites for hydroxylation is 3. The van der Waals surface area contributed by atoms with Crippen LogP contribution in [-0.4, -0.2) is 14.7 Å². The topological polar surface area (TPSA) is 41.4 Å². The quantitative estimate of drug-likeness (QED) is 0.596. The van der Waals surface area contributed by atoms with Crippen LogP contribution in [0.5, 0.6) is 5.88 Å². The Morgan fingerprint density at radius 2 is 2.08 bits per heavy atom. The van der Waals surface area contributed by atoms with Crippen molar-refractivity contribution in [3.05, 3.63) is 23.5 Å². The van der Waals surface area contributed by atoms with Crippen LogP contribution in [0.3, 0.4) is 0 Å². The monoisotopic (exact) mass is 178 g/mol. The number of rotatable bonds is 0. The van der Waals surface area contributed by atoms with Crippen LogP contribution < -0.4 is 4.57 Å². The molecule has 4 heteroatoms. The summed E-state index contributed by atoms with van der Waals surface area (Å²) in [5.41, 5.74) is 3.06. The van der Waals surface area contributed by atoms with Crippen molar-refractivity contribution >= 4 is 5.65 Å². The lowest BCUT2D eigenvalue weighted by molar-refractivity contribution is -0.655. The molecule has 2 rings (SSSR count). The highest BCUT2D eigenvalue weighted by atomic mass is 16.3. The van der Waals surface area contributed by atoms with Crippen LogP contribution in [0.4, 0.5) is 0 Å². The van der Waals surface area contributed by atoms with Crippen molar-refractivity contribution < 1.29 is 9.67 Å². The third-order valence-electron chi connectivity index (χ3n) is 2.30. The van der Waals surface area contributed by atoms with E-state index in [0.29, 0.717) is 0 Å². The Bertz CT molecular complexity index is 473. The highest BCUT2D eigenvalue weighted by Crippen LogP contribution is 2.10. The summed E-state index contributed by atoms with van der Waals surface area (Å²) in [5.74, 6) is 0.0595. The van der Waals surface area contributed by atoms with Gasteiger partial charge in [-0.2, -0.15) is 0 Å². The Kier molecular flexibility index (Phi) is 1.52. The zero-order valence-corrected chi connectivity index (χ0v) is 7.94. The second-order valence-electron chi connectivity index (χ2n) is 3.26. The van der Waals surface area contributed by atoms with E-state index in [4.69, 9.17) is 0 Å². The van der Waals surface area contributed by atoms with Gasteiger partial charge in [-0.15, -0.1) is 0 Å². The molecule has 0 aliphatic heterocycles. The van der Waals surface area contributed by atoms with Gasteiger partial charge in [0.25, 0.3) is 5.88 Å². The molecule has 0 amide bonds. The fourth-order valence-corrected chi connectivity index (χ4v) is 1.50. The lowest BCUT2D eigenvalue weighted by Crippen LogP contribution is -2.34. The zero-order valence-electron chi connectivity index (χ0n) is 7.94. The fraction of sp³-hybridized carbons (Fsp3) is 0.333. The molecule has 13 heavy (non-hydrogen) atoms. The van der Waals surface area contributed by atoms with Crippen molar-refractivity contribution in [1.29, 1.82) is 0 Å². The maximum absolute atomic E-state index is 9.25. The average molecular weight is 178 g/mol. The summed E-state index contributed by atoms with van der Waals surface area (Å²) in [4.78, 5) is 0. The third kappa shape index (κ3) is 1.06. The molecule has 1 N–H and O–H groups in total. The van der Waals surface area contributed by atoms with Crippen molar-refractivity contribution in [2.75, 3.05) is 0 Å². The van der Waals surface area contributed by atoms with Crippen molar-refractivity contribution in [2.24, 2.45) is 7.05 Å². The van der Waals surface area contributed by atoms with Gasteiger partial charge in [0.2, 0.25) is 0 Å². The number of aromatic hydroxyl groups is 1. The Balaban J connectivity index is 2.95. The molecule has 0 saturated heterocycles. The van der Waals surface area contributed by atoms with Crippen molar-refractivity contribution in [3.8, 4) is 5.88 Å².